The zero-order valence-corrected chi connectivity index (χ0v) is 10.2. The number of likely N-dealkylation sites (tertiary alicyclic amines) is 1. The molecule has 0 radical (unpaired) electrons. The minimum atomic E-state index is -2.57. The van der Waals surface area contributed by atoms with E-state index in [0.29, 0.717) is 18.0 Å². The predicted molar refractivity (Wildman–Crippen MR) is 63.9 cm³/mol. The molecular formula is C13H17F3N2. The Bertz CT molecular complexity index is 423. The van der Waals surface area contributed by atoms with Crippen LogP contribution in [0.25, 0.3) is 0 Å². The number of halogens is 3. The second-order valence-electron chi connectivity index (χ2n) is 4.87. The highest BCUT2D eigenvalue weighted by atomic mass is 19.3. The number of hydrogen-bond acceptors (Lipinski definition) is 2. The molecule has 0 saturated carbocycles. The fourth-order valence-electron chi connectivity index (χ4n) is 2.59. The number of rotatable bonds is 3. The lowest BCUT2D eigenvalue weighted by atomic mass is 9.98. The molecule has 0 spiro atoms. The number of benzene rings is 1. The molecule has 1 saturated heterocycles. The van der Waals surface area contributed by atoms with Crippen LogP contribution < -0.4 is 5.73 Å². The van der Waals surface area contributed by atoms with E-state index in [9.17, 15) is 13.2 Å². The molecule has 18 heavy (non-hydrogen) atoms. The van der Waals surface area contributed by atoms with Crippen molar-refractivity contribution < 1.29 is 13.2 Å². The van der Waals surface area contributed by atoms with E-state index in [-0.39, 0.29) is 11.6 Å². The first kappa shape index (κ1) is 13.4. The van der Waals surface area contributed by atoms with Gasteiger partial charge in [-0.25, -0.2) is 13.2 Å². The summed E-state index contributed by atoms with van der Waals surface area (Å²) in [4.78, 5) is 1.98. The molecule has 0 bridgehead atoms. The van der Waals surface area contributed by atoms with Crippen molar-refractivity contribution in [2.75, 3.05) is 20.1 Å². The van der Waals surface area contributed by atoms with E-state index in [4.69, 9.17) is 5.73 Å². The molecule has 1 aromatic rings. The van der Waals surface area contributed by atoms with Gasteiger partial charge in [-0.1, -0.05) is 6.07 Å². The number of nitrogens with two attached hydrogens (primary N) is 1. The van der Waals surface area contributed by atoms with E-state index in [1.54, 1.807) is 0 Å². The lowest BCUT2D eigenvalue weighted by Gasteiger charge is -2.20. The highest BCUT2D eigenvalue weighted by molar-refractivity contribution is 5.29. The second kappa shape index (κ2) is 5.28. The molecule has 1 aliphatic heterocycles. The molecule has 2 unspecified atom stereocenters. The molecule has 1 aromatic carbocycles. The van der Waals surface area contributed by atoms with Gasteiger partial charge in [0.2, 0.25) is 0 Å². The summed E-state index contributed by atoms with van der Waals surface area (Å²) in [5.74, 6) is -0.122. The maximum Gasteiger partial charge on any atom is 0.263 e. The Morgan fingerprint density at radius 1 is 1.44 bits per heavy atom. The zero-order chi connectivity index (χ0) is 13.3. The van der Waals surface area contributed by atoms with Crippen molar-refractivity contribution in [2.24, 2.45) is 11.7 Å². The quantitative estimate of drug-likeness (QED) is 0.903. The van der Waals surface area contributed by atoms with Crippen molar-refractivity contribution in [3.05, 3.63) is 35.1 Å². The predicted octanol–water partition coefficient (Wildman–Crippen LogP) is 2.71. The van der Waals surface area contributed by atoms with Crippen molar-refractivity contribution in [1.82, 2.24) is 4.90 Å². The fourth-order valence-corrected chi connectivity index (χ4v) is 2.59. The van der Waals surface area contributed by atoms with Crippen LogP contribution in [0, 0.1) is 11.7 Å². The summed E-state index contributed by atoms with van der Waals surface area (Å²) in [6, 6.07) is 3.39. The maximum absolute atomic E-state index is 13.8. The number of hydrogen-bond donors (Lipinski definition) is 1. The van der Waals surface area contributed by atoms with Gasteiger partial charge in [0.15, 0.2) is 0 Å². The molecular weight excluding hydrogens is 241 g/mol. The van der Waals surface area contributed by atoms with Crippen molar-refractivity contribution in [1.29, 1.82) is 0 Å². The van der Waals surface area contributed by atoms with Gasteiger partial charge >= 0.3 is 0 Å². The molecule has 1 heterocycles. The average molecular weight is 258 g/mol. The van der Waals surface area contributed by atoms with Gasteiger partial charge in [0.05, 0.1) is 0 Å². The third kappa shape index (κ3) is 2.52. The first-order valence-electron chi connectivity index (χ1n) is 6.00. The second-order valence-corrected chi connectivity index (χ2v) is 4.87. The minimum Gasteiger partial charge on any atom is -0.330 e. The van der Waals surface area contributed by atoms with Gasteiger partial charge in [0.1, 0.15) is 5.82 Å². The van der Waals surface area contributed by atoms with Crippen LogP contribution in [0.5, 0.6) is 0 Å². The first-order valence-corrected chi connectivity index (χ1v) is 6.00. The van der Waals surface area contributed by atoms with Gasteiger partial charge in [0.25, 0.3) is 6.43 Å². The molecule has 100 valence electrons. The Labute approximate surface area is 105 Å². The standard InChI is InChI=1S/C13H17F3N2/c1-18-7-8(6-17)4-12(18)10-5-9(13(15)16)2-3-11(10)14/h2-3,5,8,12-13H,4,6-7,17H2,1H3. The van der Waals surface area contributed by atoms with E-state index in [2.05, 4.69) is 0 Å². The molecule has 0 amide bonds. The minimum absolute atomic E-state index is 0.129. The van der Waals surface area contributed by atoms with Crippen LogP contribution in [0.15, 0.2) is 18.2 Å². The largest absolute Gasteiger partial charge is 0.330 e. The summed E-state index contributed by atoms with van der Waals surface area (Å²) in [6.45, 7) is 1.32. The molecule has 1 fully saturated rings. The smallest absolute Gasteiger partial charge is 0.263 e. The summed E-state index contributed by atoms with van der Waals surface area (Å²) in [6.07, 6.45) is -1.85. The van der Waals surface area contributed by atoms with E-state index < -0.39 is 12.2 Å². The summed E-state index contributed by atoms with van der Waals surface area (Å²) in [7, 11) is 1.87. The van der Waals surface area contributed by atoms with Crippen molar-refractivity contribution in [3.63, 3.8) is 0 Å². The third-order valence-corrected chi connectivity index (χ3v) is 3.60. The first-order chi connectivity index (χ1) is 8.52. The van der Waals surface area contributed by atoms with Crippen molar-refractivity contribution in [2.45, 2.75) is 18.9 Å². The highest BCUT2D eigenvalue weighted by Gasteiger charge is 2.31. The van der Waals surface area contributed by atoms with Crippen LogP contribution in [-0.2, 0) is 0 Å². The molecule has 0 aliphatic carbocycles. The maximum atomic E-state index is 13.8. The van der Waals surface area contributed by atoms with Crippen LogP contribution in [0.4, 0.5) is 13.2 Å². The Morgan fingerprint density at radius 3 is 2.72 bits per heavy atom. The van der Waals surface area contributed by atoms with Gasteiger partial charge in [-0.3, -0.25) is 4.90 Å². The number of nitrogens with zero attached hydrogens (tertiary/aromatic N) is 1. The van der Waals surface area contributed by atoms with E-state index in [1.165, 1.54) is 6.07 Å². The van der Waals surface area contributed by atoms with Gasteiger partial charge < -0.3 is 5.73 Å². The summed E-state index contributed by atoms with van der Waals surface area (Å²) in [5.41, 5.74) is 5.84. The van der Waals surface area contributed by atoms with E-state index in [1.807, 2.05) is 11.9 Å². The molecule has 2 N–H and O–H groups in total. The molecule has 0 aromatic heterocycles. The monoisotopic (exact) mass is 258 g/mol. The Kier molecular flexibility index (Phi) is 3.92. The van der Waals surface area contributed by atoms with Crippen LogP contribution in [-0.4, -0.2) is 25.0 Å². The van der Waals surface area contributed by atoms with Crippen LogP contribution >= 0.6 is 0 Å². The molecule has 5 heteroatoms. The zero-order valence-electron chi connectivity index (χ0n) is 10.2. The average Bonchev–Trinajstić information content (AvgIpc) is 2.71. The van der Waals surface area contributed by atoms with Crippen molar-refractivity contribution in [3.8, 4) is 0 Å². The van der Waals surface area contributed by atoms with Crippen molar-refractivity contribution >= 4 is 0 Å². The number of alkyl halides is 2. The van der Waals surface area contributed by atoms with E-state index >= 15 is 0 Å². The topological polar surface area (TPSA) is 29.3 Å². The Balaban J connectivity index is 2.30. The molecule has 2 rings (SSSR count). The van der Waals surface area contributed by atoms with Gasteiger partial charge in [0, 0.05) is 23.7 Å². The SMILES string of the molecule is CN1CC(CN)CC1c1cc(C(F)F)ccc1F. The highest BCUT2D eigenvalue weighted by Crippen LogP contribution is 2.36. The summed E-state index contributed by atoms with van der Waals surface area (Å²) >= 11 is 0. The normalized spacial score (nSPS) is 25.0. The van der Waals surface area contributed by atoms with E-state index in [0.717, 1.165) is 25.1 Å². The van der Waals surface area contributed by atoms with Gasteiger partial charge in [-0.05, 0) is 38.1 Å². The molecule has 2 atom stereocenters. The van der Waals surface area contributed by atoms with Crippen LogP contribution in [0.3, 0.4) is 0 Å². The van der Waals surface area contributed by atoms with Crippen LogP contribution in [0.1, 0.15) is 30.0 Å². The third-order valence-electron chi connectivity index (χ3n) is 3.60. The Morgan fingerprint density at radius 2 is 2.17 bits per heavy atom. The fraction of sp³-hybridized carbons (Fsp3) is 0.538. The molecule has 1 aliphatic rings. The molecule has 2 nitrogen and oxygen atoms in total. The summed E-state index contributed by atoms with van der Waals surface area (Å²) in [5, 5.41) is 0. The van der Waals surface area contributed by atoms with Gasteiger partial charge in [-0.15, -0.1) is 0 Å². The summed E-state index contributed by atoms with van der Waals surface area (Å²) < 4.78 is 39.1. The van der Waals surface area contributed by atoms with Gasteiger partial charge in [-0.2, -0.15) is 0 Å². The van der Waals surface area contributed by atoms with Crippen LogP contribution in [0.2, 0.25) is 0 Å². The lowest BCUT2D eigenvalue weighted by molar-refractivity contribution is 0.151. The lowest BCUT2D eigenvalue weighted by Crippen LogP contribution is -2.21. The Hall–Kier alpha value is -1.07.